The van der Waals surface area contributed by atoms with Crippen molar-refractivity contribution < 1.29 is 19.1 Å². The van der Waals surface area contributed by atoms with E-state index in [1.807, 2.05) is 20.8 Å². The van der Waals surface area contributed by atoms with Crippen molar-refractivity contribution in [3.05, 3.63) is 56.9 Å². The summed E-state index contributed by atoms with van der Waals surface area (Å²) < 4.78 is 5.89. The van der Waals surface area contributed by atoms with Crippen molar-refractivity contribution in [1.29, 1.82) is 0 Å². The van der Waals surface area contributed by atoms with Gasteiger partial charge in [-0.25, -0.2) is 4.79 Å². The molecule has 2 amide bonds. The predicted octanol–water partition coefficient (Wildman–Crippen LogP) is 1.39. The molecule has 0 fully saturated rings. The van der Waals surface area contributed by atoms with Crippen molar-refractivity contribution >= 4 is 23.6 Å². The lowest BCUT2D eigenvalue weighted by atomic mass is 9.85. The summed E-state index contributed by atoms with van der Waals surface area (Å²) in [6.07, 6.45) is 0. The summed E-state index contributed by atoms with van der Waals surface area (Å²) in [4.78, 5) is 48.7. The van der Waals surface area contributed by atoms with Crippen molar-refractivity contribution in [2.75, 3.05) is 12.8 Å². The quantitative estimate of drug-likeness (QED) is 0.610. The van der Waals surface area contributed by atoms with Gasteiger partial charge >= 0.3 is 5.97 Å². The van der Waals surface area contributed by atoms with Crippen molar-refractivity contribution in [3.8, 4) is 5.69 Å². The third-order valence-electron chi connectivity index (χ3n) is 4.42. The van der Waals surface area contributed by atoms with Gasteiger partial charge in [-0.05, 0) is 23.1 Å². The molecule has 0 saturated carbocycles. The normalized spacial score (nSPS) is 13.3. The van der Waals surface area contributed by atoms with Gasteiger partial charge in [0.2, 0.25) is 0 Å². The van der Waals surface area contributed by atoms with E-state index in [0.29, 0.717) is 5.69 Å². The Morgan fingerprint density at radius 3 is 2.37 bits per heavy atom. The topological polar surface area (TPSA) is 120 Å². The number of benzene rings is 1. The first-order chi connectivity index (χ1) is 12.6. The molecule has 0 bridgehead atoms. The number of nitrogen functional groups attached to an aromatic ring is 1. The molecule has 1 aliphatic heterocycles. The molecule has 0 spiro atoms. The van der Waals surface area contributed by atoms with E-state index in [-0.39, 0.29) is 22.5 Å². The molecule has 3 rings (SSSR count). The molecule has 2 aromatic rings. The van der Waals surface area contributed by atoms with Crippen molar-refractivity contribution in [2.45, 2.75) is 26.2 Å². The van der Waals surface area contributed by atoms with E-state index in [9.17, 15) is 19.2 Å². The number of nitrogens with zero attached hydrogens (tertiary/aromatic N) is 1. The van der Waals surface area contributed by atoms with E-state index in [2.05, 4.69) is 5.32 Å². The Labute approximate surface area is 154 Å². The zero-order valence-corrected chi connectivity index (χ0v) is 15.4. The Morgan fingerprint density at radius 2 is 1.78 bits per heavy atom. The standard InChI is InChI=1S/C19H19N3O5/c1-19(2,3)11-6-5-9(18(26)27-4)7-12(11)22-13(23)8-10-14(15(22)20)17(25)21-16(10)24/h5-8H,20H2,1-4H3,(H,21,24,25). The Bertz CT molecular complexity index is 1060. The molecule has 8 heteroatoms. The van der Waals surface area contributed by atoms with Gasteiger partial charge < -0.3 is 10.5 Å². The zero-order chi connectivity index (χ0) is 20.1. The first-order valence-electron chi connectivity index (χ1n) is 8.20. The second-order valence-electron chi connectivity index (χ2n) is 7.25. The van der Waals surface area contributed by atoms with Crippen LogP contribution in [0.15, 0.2) is 29.1 Å². The minimum atomic E-state index is -0.664. The number of hydrogen-bond donors (Lipinski definition) is 2. The molecule has 2 heterocycles. The number of rotatable bonds is 2. The van der Waals surface area contributed by atoms with Gasteiger partial charge in [-0.1, -0.05) is 26.8 Å². The summed E-state index contributed by atoms with van der Waals surface area (Å²) in [5.41, 5.74) is 6.35. The van der Waals surface area contributed by atoms with E-state index in [4.69, 9.17) is 10.5 Å². The van der Waals surface area contributed by atoms with Crippen molar-refractivity contribution in [2.24, 2.45) is 0 Å². The summed E-state index contributed by atoms with van der Waals surface area (Å²) >= 11 is 0. The van der Waals surface area contributed by atoms with Crippen LogP contribution < -0.4 is 16.6 Å². The second-order valence-corrected chi connectivity index (χ2v) is 7.25. The SMILES string of the molecule is COC(=O)c1ccc(C(C)(C)C)c(-n2c(N)c3c(cc2=O)C(=O)NC3=O)c1. The number of esters is 1. The fourth-order valence-corrected chi connectivity index (χ4v) is 3.12. The van der Waals surface area contributed by atoms with E-state index >= 15 is 0 Å². The molecule has 1 aliphatic rings. The summed E-state index contributed by atoms with van der Waals surface area (Å²) in [5.74, 6) is -2.06. The number of pyridine rings is 1. The summed E-state index contributed by atoms with van der Waals surface area (Å²) in [5, 5.41) is 2.13. The van der Waals surface area contributed by atoms with E-state index < -0.39 is 28.8 Å². The first-order valence-corrected chi connectivity index (χ1v) is 8.20. The Hall–Kier alpha value is -3.42. The van der Waals surface area contributed by atoms with Crippen molar-refractivity contribution in [3.63, 3.8) is 0 Å². The fourth-order valence-electron chi connectivity index (χ4n) is 3.12. The van der Waals surface area contributed by atoms with Gasteiger partial charge in [-0.3, -0.25) is 24.3 Å². The molecule has 0 atom stereocenters. The summed E-state index contributed by atoms with van der Waals surface area (Å²) in [7, 11) is 1.26. The number of hydrogen-bond acceptors (Lipinski definition) is 6. The molecule has 3 N–H and O–H groups in total. The number of aromatic nitrogens is 1. The van der Waals surface area contributed by atoms with Crippen LogP contribution in [0.2, 0.25) is 0 Å². The molecule has 0 saturated heterocycles. The largest absolute Gasteiger partial charge is 0.465 e. The molecule has 8 nitrogen and oxygen atoms in total. The molecule has 0 aliphatic carbocycles. The third kappa shape index (κ3) is 2.88. The molecular formula is C19H19N3O5. The van der Waals surface area contributed by atoms with Crippen molar-refractivity contribution in [1.82, 2.24) is 9.88 Å². The van der Waals surface area contributed by atoms with Crippen LogP contribution in [0.25, 0.3) is 5.69 Å². The Balaban J connectivity index is 2.39. The van der Waals surface area contributed by atoms with Gasteiger partial charge in [0.1, 0.15) is 5.82 Å². The van der Waals surface area contributed by atoms with Gasteiger partial charge in [0, 0.05) is 6.07 Å². The van der Waals surface area contributed by atoms with Gasteiger partial charge in [0.15, 0.2) is 0 Å². The smallest absolute Gasteiger partial charge is 0.337 e. The van der Waals surface area contributed by atoms with E-state index in [1.165, 1.54) is 13.2 Å². The van der Waals surface area contributed by atoms with Gasteiger partial charge in [0.05, 0.1) is 29.5 Å². The Kier molecular flexibility index (Phi) is 4.14. The number of nitrogens with two attached hydrogens (primary N) is 1. The molecule has 0 unspecified atom stereocenters. The molecule has 1 aromatic heterocycles. The highest BCUT2D eigenvalue weighted by molar-refractivity contribution is 6.23. The summed E-state index contributed by atoms with van der Waals surface area (Å²) in [6.45, 7) is 5.82. The number of imide groups is 1. The molecule has 0 radical (unpaired) electrons. The number of fused-ring (bicyclic) bond motifs is 1. The minimum Gasteiger partial charge on any atom is -0.465 e. The lowest BCUT2D eigenvalue weighted by molar-refractivity contribution is 0.0600. The Morgan fingerprint density at radius 1 is 1.11 bits per heavy atom. The van der Waals surface area contributed by atoms with Gasteiger partial charge in [0.25, 0.3) is 17.4 Å². The van der Waals surface area contributed by atoms with Crippen LogP contribution in [-0.4, -0.2) is 29.5 Å². The predicted molar refractivity (Wildman–Crippen MR) is 98.3 cm³/mol. The van der Waals surface area contributed by atoms with Crippen LogP contribution in [0.1, 0.15) is 57.4 Å². The molecule has 1 aromatic carbocycles. The van der Waals surface area contributed by atoms with Crippen LogP contribution >= 0.6 is 0 Å². The van der Waals surface area contributed by atoms with E-state index in [0.717, 1.165) is 16.2 Å². The molecule has 27 heavy (non-hydrogen) atoms. The highest BCUT2D eigenvalue weighted by Gasteiger charge is 2.33. The van der Waals surface area contributed by atoms with Gasteiger partial charge in [-0.15, -0.1) is 0 Å². The molecule has 140 valence electrons. The number of anilines is 1. The second kappa shape index (κ2) is 6.08. The maximum Gasteiger partial charge on any atom is 0.337 e. The number of carbonyl (C=O) groups is 3. The lowest BCUT2D eigenvalue weighted by Crippen LogP contribution is -2.27. The number of nitrogens with one attached hydrogen (secondary N) is 1. The average Bonchev–Trinajstić information content (AvgIpc) is 2.87. The first kappa shape index (κ1) is 18.4. The van der Waals surface area contributed by atoms with Gasteiger partial charge in [-0.2, -0.15) is 0 Å². The minimum absolute atomic E-state index is 0.0528. The molecular weight excluding hydrogens is 350 g/mol. The lowest BCUT2D eigenvalue weighted by Gasteiger charge is -2.25. The maximum atomic E-state index is 12.8. The maximum absolute atomic E-state index is 12.8. The van der Waals surface area contributed by atoms with Crippen LogP contribution in [-0.2, 0) is 10.2 Å². The van der Waals surface area contributed by atoms with Crippen LogP contribution in [0.5, 0.6) is 0 Å². The zero-order valence-electron chi connectivity index (χ0n) is 15.4. The van der Waals surface area contributed by atoms with E-state index in [1.54, 1.807) is 12.1 Å². The van der Waals surface area contributed by atoms with Crippen LogP contribution in [0.3, 0.4) is 0 Å². The number of amides is 2. The highest BCUT2D eigenvalue weighted by atomic mass is 16.5. The fraction of sp³-hybridized carbons (Fsp3) is 0.263. The van der Waals surface area contributed by atoms with Crippen LogP contribution in [0.4, 0.5) is 5.82 Å². The number of methoxy groups -OCH3 is 1. The monoisotopic (exact) mass is 369 g/mol. The average molecular weight is 369 g/mol. The number of carbonyl (C=O) groups excluding carboxylic acids is 3. The number of ether oxygens (including phenoxy) is 1. The van der Waals surface area contributed by atoms with Crippen LogP contribution in [0, 0.1) is 0 Å². The highest BCUT2D eigenvalue weighted by Crippen LogP contribution is 2.31. The third-order valence-corrected chi connectivity index (χ3v) is 4.42. The summed E-state index contributed by atoms with van der Waals surface area (Å²) in [6, 6.07) is 5.88.